The van der Waals surface area contributed by atoms with Gasteiger partial charge in [0.1, 0.15) is 15.7 Å². The Kier molecular flexibility index (Phi) is 3.77. The van der Waals surface area contributed by atoms with Crippen molar-refractivity contribution in [1.29, 1.82) is 0 Å². The van der Waals surface area contributed by atoms with Crippen molar-refractivity contribution in [2.75, 3.05) is 4.90 Å². The van der Waals surface area contributed by atoms with Crippen LogP contribution >= 0.6 is 22.7 Å². The number of aromatic hydroxyl groups is 2. The predicted molar refractivity (Wildman–Crippen MR) is 75.5 cm³/mol. The van der Waals surface area contributed by atoms with Crippen molar-refractivity contribution in [3.8, 4) is 10.1 Å². The van der Waals surface area contributed by atoms with Crippen LogP contribution in [0.25, 0.3) is 0 Å². The largest absolute Gasteiger partial charge is 0.499 e. The Morgan fingerprint density at radius 2 is 1.58 bits per heavy atom. The number of hydrogen-bond acceptors (Lipinski definition) is 6. The van der Waals surface area contributed by atoms with E-state index in [2.05, 4.69) is 0 Å². The van der Waals surface area contributed by atoms with Gasteiger partial charge < -0.3 is 15.3 Å². The molecule has 7 heteroatoms. The second-order valence-corrected chi connectivity index (χ2v) is 5.62. The van der Waals surface area contributed by atoms with Gasteiger partial charge in [-0.15, -0.1) is 0 Å². The first-order valence-electron chi connectivity index (χ1n) is 5.30. The van der Waals surface area contributed by atoms with Crippen LogP contribution in [0.5, 0.6) is 10.1 Å². The molecule has 0 fully saturated rings. The highest BCUT2D eigenvalue weighted by Crippen LogP contribution is 2.42. The molecule has 2 heterocycles. The van der Waals surface area contributed by atoms with Crippen LogP contribution in [-0.4, -0.2) is 21.3 Å². The van der Waals surface area contributed by atoms with Crippen LogP contribution in [0.4, 0.5) is 10.0 Å². The third-order valence-corrected chi connectivity index (χ3v) is 4.08. The highest BCUT2D eigenvalue weighted by atomic mass is 32.1. The van der Waals surface area contributed by atoms with E-state index in [-0.39, 0.29) is 15.8 Å². The van der Waals surface area contributed by atoms with Gasteiger partial charge in [0.15, 0.2) is 10.1 Å². The van der Waals surface area contributed by atoms with Crippen LogP contribution in [0.3, 0.4) is 0 Å². The second-order valence-electron chi connectivity index (χ2n) is 3.54. The molecule has 0 atom stereocenters. The quantitative estimate of drug-likeness (QED) is 0.754. The van der Waals surface area contributed by atoms with Gasteiger partial charge in [-0.2, -0.15) is 0 Å². The number of hydrogen-bond donors (Lipinski definition) is 3. The summed E-state index contributed by atoms with van der Waals surface area (Å²) in [6, 6.07) is 6.25. The first-order valence-corrected chi connectivity index (χ1v) is 6.93. The summed E-state index contributed by atoms with van der Waals surface area (Å²) in [5.41, 5.74) is 0.0590. The number of carbonyl (C=O) groups is 1. The number of carboxylic acids is 1. The zero-order valence-electron chi connectivity index (χ0n) is 9.90. The number of nitrogens with zero attached hydrogens (tertiary/aromatic N) is 1. The van der Waals surface area contributed by atoms with Crippen molar-refractivity contribution in [2.45, 2.75) is 6.92 Å². The fourth-order valence-electron chi connectivity index (χ4n) is 1.57. The molecule has 0 aromatic carbocycles. The first kappa shape index (κ1) is 13.4. The van der Waals surface area contributed by atoms with E-state index in [1.807, 2.05) is 0 Å². The number of aliphatic carboxylic acids is 1. The fraction of sp³-hybridized carbons (Fsp3) is 0.0833. The summed E-state index contributed by atoms with van der Waals surface area (Å²) in [5.74, 6) is -1.08. The summed E-state index contributed by atoms with van der Waals surface area (Å²) in [6.45, 7) is 1.62. The third-order valence-electron chi connectivity index (χ3n) is 2.33. The molecule has 2 aromatic heterocycles. The zero-order valence-corrected chi connectivity index (χ0v) is 11.5. The van der Waals surface area contributed by atoms with Crippen molar-refractivity contribution < 1.29 is 20.1 Å². The Morgan fingerprint density at radius 3 is 1.84 bits per heavy atom. The molecular formula is C12H11NO4S2. The van der Waals surface area contributed by atoms with Crippen molar-refractivity contribution in [3.05, 3.63) is 36.0 Å². The first-order chi connectivity index (χ1) is 9.02. The van der Waals surface area contributed by atoms with E-state index >= 15 is 0 Å². The maximum absolute atomic E-state index is 11.3. The molecule has 2 rings (SSSR count). The molecule has 0 aliphatic carbocycles. The highest BCUT2D eigenvalue weighted by Gasteiger charge is 2.22. The molecule has 100 valence electrons. The van der Waals surface area contributed by atoms with Crippen molar-refractivity contribution in [2.24, 2.45) is 0 Å². The van der Waals surface area contributed by atoms with E-state index in [0.29, 0.717) is 10.0 Å². The highest BCUT2D eigenvalue weighted by molar-refractivity contribution is 7.20. The normalized spacial score (nSPS) is 11.5. The van der Waals surface area contributed by atoms with E-state index in [4.69, 9.17) is 0 Å². The topological polar surface area (TPSA) is 81.0 Å². The molecule has 0 bridgehead atoms. The molecule has 3 N–H and O–H groups in total. The molecule has 0 radical (unpaired) electrons. The van der Waals surface area contributed by atoms with Gasteiger partial charge in [-0.3, -0.25) is 4.90 Å². The van der Waals surface area contributed by atoms with Gasteiger partial charge in [0, 0.05) is 0 Å². The second kappa shape index (κ2) is 5.33. The van der Waals surface area contributed by atoms with Gasteiger partial charge in [0.2, 0.25) is 0 Å². The minimum absolute atomic E-state index is 0.0590. The monoisotopic (exact) mass is 297 g/mol. The molecule has 0 aliphatic heterocycles. The molecule has 0 spiro atoms. The van der Waals surface area contributed by atoms with E-state index < -0.39 is 5.97 Å². The molecule has 0 saturated carbocycles. The molecular weight excluding hydrogens is 286 g/mol. The van der Waals surface area contributed by atoms with Gasteiger partial charge in [-0.05, 0) is 31.2 Å². The lowest BCUT2D eigenvalue weighted by molar-refractivity contribution is -0.132. The number of rotatable bonds is 4. The van der Waals surface area contributed by atoms with Crippen LogP contribution in [-0.2, 0) is 4.79 Å². The maximum Gasteiger partial charge on any atom is 0.352 e. The Morgan fingerprint density at radius 1 is 1.11 bits per heavy atom. The molecule has 5 nitrogen and oxygen atoms in total. The number of anilines is 2. The summed E-state index contributed by atoms with van der Waals surface area (Å²) < 4.78 is 0. The molecule has 0 unspecified atom stereocenters. The maximum atomic E-state index is 11.3. The molecule has 0 aliphatic rings. The van der Waals surface area contributed by atoms with Gasteiger partial charge >= 0.3 is 5.97 Å². The third kappa shape index (κ3) is 2.72. The van der Waals surface area contributed by atoms with Gasteiger partial charge in [-0.25, -0.2) is 4.79 Å². The Bertz CT molecular complexity index is 589. The summed E-state index contributed by atoms with van der Waals surface area (Å²) >= 11 is 2.13. The zero-order chi connectivity index (χ0) is 14.0. The Hall–Kier alpha value is -1.99. The average Bonchev–Trinajstić information content (AvgIpc) is 2.94. The van der Waals surface area contributed by atoms with Crippen molar-refractivity contribution in [1.82, 2.24) is 0 Å². The van der Waals surface area contributed by atoms with E-state index in [1.54, 1.807) is 19.1 Å². The van der Waals surface area contributed by atoms with E-state index in [1.165, 1.54) is 23.1 Å². The number of thiophene rings is 2. The lowest BCUT2D eigenvalue weighted by Crippen LogP contribution is -2.20. The lowest BCUT2D eigenvalue weighted by atomic mass is 10.3. The summed E-state index contributed by atoms with van der Waals surface area (Å²) in [4.78, 5) is 12.8. The lowest BCUT2D eigenvalue weighted by Gasteiger charge is -2.21. The minimum Gasteiger partial charge on any atom is -0.499 e. The summed E-state index contributed by atoms with van der Waals surface area (Å²) in [7, 11) is 0. The van der Waals surface area contributed by atoms with E-state index in [0.717, 1.165) is 22.7 Å². The molecule has 0 saturated heterocycles. The molecule has 19 heavy (non-hydrogen) atoms. The van der Waals surface area contributed by atoms with Crippen molar-refractivity contribution in [3.63, 3.8) is 0 Å². The summed E-state index contributed by atoms with van der Waals surface area (Å²) in [6.07, 6.45) is 1.47. The average molecular weight is 297 g/mol. The van der Waals surface area contributed by atoms with Crippen LogP contribution in [0.15, 0.2) is 36.0 Å². The van der Waals surface area contributed by atoms with E-state index in [9.17, 15) is 20.1 Å². The van der Waals surface area contributed by atoms with Crippen LogP contribution in [0, 0.1) is 0 Å². The minimum atomic E-state index is -1.08. The van der Waals surface area contributed by atoms with Gasteiger partial charge in [0.25, 0.3) is 0 Å². The smallest absolute Gasteiger partial charge is 0.352 e. The molecule has 0 amide bonds. The van der Waals surface area contributed by atoms with Crippen LogP contribution in [0.2, 0.25) is 0 Å². The fourth-order valence-corrected chi connectivity index (χ4v) is 3.18. The number of carboxylic acid groups (broad SMARTS) is 1. The summed E-state index contributed by atoms with van der Waals surface area (Å²) in [5, 5.41) is 29.4. The van der Waals surface area contributed by atoms with Crippen LogP contribution in [0.1, 0.15) is 6.92 Å². The van der Waals surface area contributed by atoms with Gasteiger partial charge in [-0.1, -0.05) is 28.7 Å². The Balaban J connectivity index is 2.53. The predicted octanol–water partition coefficient (Wildman–Crippen LogP) is 3.35. The van der Waals surface area contributed by atoms with Crippen molar-refractivity contribution >= 4 is 38.6 Å². The number of allylic oxidation sites excluding steroid dienone is 1. The standard InChI is InChI=1S/C12H11NO4S2/c1-2-7(12(16)17)13(8-3-5-10(14)18-8)9-4-6-11(15)19-9/h2-6,14-15H,1H3,(H,16,17). The SMILES string of the molecule is CC=C(C(=O)O)N(c1ccc(O)s1)c1ccc(O)s1. The Labute approximate surface area is 117 Å². The van der Waals surface area contributed by atoms with Gasteiger partial charge in [0.05, 0.1) is 0 Å². The van der Waals surface area contributed by atoms with Crippen LogP contribution < -0.4 is 4.90 Å². The molecule has 2 aromatic rings.